The lowest BCUT2D eigenvalue weighted by atomic mass is 10.0. The average Bonchev–Trinajstić information content (AvgIpc) is 2.44. The van der Waals surface area contributed by atoms with Crippen molar-refractivity contribution in [2.45, 2.75) is 39.2 Å². The second-order valence-corrected chi connectivity index (χ2v) is 5.48. The van der Waals surface area contributed by atoms with Gasteiger partial charge in [0.25, 0.3) is 0 Å². The molecular formula is C15H31NO5. The normalized spacial score (nSPS) is 12.0. The lowest BCUT2D eigenvalue weighted by Crippen LogP contribution is -2.49. The SMILES string of the molecule is CCCCOCCOCCOCCN(C)C(C)(C)C(=O)O. The number of aliphatic carboxylic acids is 1. The van der Waals surface area contributed by atoms with Crippen LogP contribution in [0.4, 0.5) is 0 Å². The van der Waals surface area contributed by atoms with Crippen molar-refractivity contribution in [3.8, 4) is 0 Å². The summed E-state index contributed by atoms with van der Waals surface area (Å²) in [5, 5.41) is 9.07. The van der Waals surface area contributed by atoms with E-state index in [9.17, 15) is 4.79 Å². The highest BCUT2D eigenvalue weighted by Crippen LogP contribution is 2.11. The highest BCUT2D eigenvalue weighted by molar-refractivity contribution is 5.77. The molecule has 0 aliphatic heterocycles. The van der Waals surface area contributed by atoms with Crippen LogP contribution in [0.5, 0.6) is 0 Å². The number of likely N-dealkylation sites (N-methyl/N-ethyl adjacent to an activating group) is 1. The van der Waals surface area contributed by atoms with Gasteiger partial charge in [0.2, 0.25) is 0 Å². The van der Waals surface area contributed by atoms with Crippen LogP contribution in [0.2, 0.25) is 0 Å². The maximum atomic E-state index is 11.0. The third-order valence-electron chi connectivity index (χ3n) is 3.43. The standard InChI is InChI=1S/C15H31NO5/c1-5-6-8-19-10-12-21-13-11-20-9-7-16(4)15(2,3)14(17)18/h5-13H2,1-4H3,(H,17,18). The highest BCUT2D eigenvalue weighted by Gasteiger charge is 2.31. The van der Waals surface area contributed by atoms with Crippen LogP contribution < -0.4 is 0 Å². The molecule has 0 radical (unpaired) electrons. The predicted octanol–water partition coefficient (Wildman–Crippen LogP) is 1.63. The van der Waals surface area contributed by atoms with E-state index < -0.39 is 11.5 Å². The molecule has 0 aromatic rings. The maximum Gasteiger partial charge on any atom is 0.323 e. The molecule has 0 rings (SSSR count). The summed E-state index contributed by atoms with van der Waals surface area (Å²) >= 11 is 0. The van der Waals surface area contributed by atoms with Gasteiger partial charge >= 0.3 is 5.97 Å². The van der Waals surface area contributed by atoms with E-state index in [-0.39, 0.29) is 0 Å². The van der Waals surface area contributed by atoms with Crippen molar-refractivity contribution in [2.75, 3.05) is 53.2 Å². The molecule has 0 saturated heterocycles. The smallest absolute Gasteiger partial charge is 0.323 e. The van der Waals surface area contributed by atoms with E-state index in [1.165, 1.54) is 0 Å². The molecule has 0 aliphatic rings. The number of hydrogen-bond donors (Lipinski definition) is 1. The third-order valence-corrected chi connectivity index (χ3v) is 3.43. The first kappa shape index (κ1) is 20.3. The second kappa shape index (κ2) is 11.9. The lowest BCUT2D eigenvalue weighted by molar-refractivity contribution is -0.148. The Morgan fingerprint density at radius 2 is 1.48 bits per heavy atom. The zero-order valence-electron chi connectivity index (χ0n) is 13.9. The Hall–Kier alpha value is -0.690. The van der Waals surface area contributed by atoms with Crippen molar-refractivity contribution in [2.24, 2.45) is 0 Å². The largest absolute Gasteiger partial charge is 0.480 e. The quantitative estimate of drug-likeness (QED) is 0.492. The number of carboxylic acids is 1. The van der Waals surface area contributed by atoms with Crippen LogP contribution in [0, 0.1) is 0 Å². The third kappa shape index (κ3) is 9.79. The van der Waals surface area contributed by atoms with Crippen LogP contribution >= 0.6 is 0 Å². The van der Waals surface area contributed by atoms with Crippen molar-refractivity contribution in [1.82, 2.24) is 4.90 Å². The molecule has 6 nitrogen and oxygen atoms in total. The molecule has 0 aromatic heterocycles. The van der Waals surface area contributed by atoms with Gasteiger partial charge in [-0.05, 0) is 27.3 Å². The van der Waals surface area contributed by atoms with Crippen LogP contribution in [0.15, 0.2) is 0 Å². The van der Waals surface area contributed by atoms with E-state index >= 15 is 0 Å². The van der Waals surface area contributed by atoms with E-state index in [4.69, 9.17) is 19.3 Å². The van der Waals surface area contributed by atoms with E-state index in [2.05, 4.69) is 6.92 Å². The van der Waals surface area contributed by atoms with Crippen LogP contribution in [-0.2, 0) is 19.0 Å². The number of unbranched alkanes of at least 4 members (excludes halogenated alkanes) is 1. The average molecular weight is 305 g/mol. The summed E-state index contributed by atoms with van der Waals surface area (Å²) in [5.41, 5.74) is -0.879. The predicted molar refractivity (Wildman–Crippen MR) is 81.7 cm³/mol. The van der Waals surface area contributed by atoms with E-state index in [0.29, 0.717) is 39.6 Å². The molecule has 0 spiro atoms. The van der Waals surface area contributed by atoms with Crippen LogP contribution in [0.1, 0.15) is 33.6 Å². The van der Waals surface area contributed by atoms with Crippen LogP contribution in [0.25, 0.3) is 0 Å². The van der Waals surface area contributed by atoms with Gasteiger partial charge in [-0.25, -0.2) is 0 Å². The fourth-order valence-electron chi connectivity index (χ4n) is 1.43. The van der Waals surface area contributed by atoms with Gasteiger partial charge in [-0.2, -0.15) is 0 Å². The fraction of sp³-hybridized carbons (Fsp3) is 0.933. The van der Waals surface area contributed by atoms with Gasteiger partial charge in [-0.3, -0.25) is 9.69 Å². The first-order valence-electron chi connectivity index (χ1n) is 7.60. The molecular weight excluding hydrogens is 274 g/mol. The van der Waals surface area contributed by atoms with Crippen LogP contribution in [0.3, 0.4) is 0 Å². The van der Waals surface area contributed by atoms with Gasteiger partial charge < -0.3 is 19.3 Å². The van der Waals surface area contributed by atoms with E-state index in [1.807, 2.05) is 0 Å². The summed E-state index contributed by atoms with van der Waals surface area (Å²) in [6.45, 7) is 9.58. The van der Waals surface area contributed by atoms with Crippen molar-refractivity contribution in [3.63, 3.8) is 0 Å². The summed E-state index contributed by atoms with van der Waals surface area (Å²) in [6.07, 6.45) is 2.23. The monoisotopic (exact) mass is 305 g/mol. The molecule has 0 amide bonds. The second-order valence-electron chi connectivity index (χ2n) is 5.48. The Balaban J connectivity index is 3.38. The number of rotatable bonds is 14. The summed E-state index contributed by atoms with van der Waals surface area (Å²) in [4.78, 5) is 12.8. The molecule has 0 bridgehead atoms. The van der Waals surface area contributed by atoms with E-state index in [1.54, 1.807) is 25.8 Å². The Kier molecular flexibility index (Phi) is 11.5. The molecule has 0 atom stereocenters. The molecule has 0 fully saturated rings. The van der Waals surface area contributed by atoms with Crippen molar-refractivity contribution in [1.29, 1.82) is 0 Å². The first-order valence-corrected chi connectivity index (χ1v) is 7.60. The summed E-state index contributed by atoms with van der Waals surface area (Å²) in [6, 6.07) is 0. The zero-order valence-corrected chi connectivity index (χ0v) is 13.9. The molecule has 126 valence electrons. The molecule has 21 heavy (non-hydrogen) atoms. The van der Waals surface area contributed by atoms with Crippen molar-refractivity contribution < 1.29 is 24.1 Å². The summed E-state index contributed by atoms with van der Waals surface area (Å²) in [7, 11) is 1.78. The van der Waals surface area contributed by atoms with Crippen molar-refractivity contribution in [3.05, 3.63) is 0 Å². The van der Waals surface area contributed by atoms with Gasteiger partial charge in [0, 0.05) is 13.2 Å². The highest BCUT2D eigenvalue weighted by atomic mass is 16.5. The zero-order chi connectivity index (χ0) is 16.1. The summed E-state index contributed by atoms with van der Waals surface area (Å²) in [5.74, 6) is -0.837. The number of hydrogen-bond acceptors (Lipinski definition) is 5. The van der Waals surface area contributed by atoms with Gasteiger partial charge in [-0.15, -0.1) is 0 Å². The number of ether oxygens (including phenoxy) is 3. The Morgan fingerprint density at radius 1 is 1.00 bits per heavy atom. The Morgan fingerprint density at radius 3 is 1.95 bits per heavy atom. The lowest BCUT2D eigenvalue weighted by Gasteiger charge is -2.31. The van der Waals surface area contributed by atoms with E-state index in [0.717, 1.165) is 19.4 Å². The fourth-order valence-corrected chi connectivity index (χ4v) is 1.43. The minimum absolute atomic E-state index is 0.490. The first-order chi connectivity index (χ1) is 9.92. The Labute approximate surface area is 128 Å². The minimum atomic E-state index is -0.879. The Bertz CT molecular complexity index is 271. The molecule has 0 heterocycles. The van der Waals surface area contributed by atoms with Crippen molar-refractivity contribution >= 4 is 5.97 Å². The van der Waals surface area contributed by atoms with Crippen LogP contribution in [-0.4, -0.2) is 74.7 Å². The topological polar surface area (TPSA) is 68.2 Å². The van der Waals surface area contributed by atoms with Gasteiger partial charge in [0.15, 0.2) is 0 Å². The number of carbonyl (C=O) groups is 1. The number of nitrogens with zero attached hydrogens (tertiary/aromatic N) is 1. The molecule has 0 saturated carbocycles. The molecule has 6 heteroatoms. The molecule has 1 N–H and O–H groups in total. The molecule has 0 aliphatic carbocycles. The van der Waals surface area contributed by atoms with Gasteiger partial charge in [-0.1, -0.05) is 13.3 Å². The van der Waals surface area contributed by atoms with Gasteiger partial charge in [0.1, 0.15) is 5.54 Å². The maximum absolute atomic E-state index is 11.0. The van der Waals surface area contributed by atoms with Gasteiger partial charge in [0.05, 0.1) is 33.0 Å². The summed E-state index contributed by atoms with van der Waals surface area (Å²) < 4.78 is 16.2. The molecule has 0 aromatic carbocycles. The minimum Gasteiger partial charge on any atom is -0.480 e. The number of carboxylic acid groups (broad SMARTS) is 1. The molecule has 0 unspecified atom stereocenters.